The number of nitriles is 1. The van der Waals surface area contributed by atoms with Gasteiger partial charge in [-0.15, -0.1) is 8.78 Å². The molecule has 0 spiro atoms. The predicted molar refractivity (Wildman–Crippen MR) is 146 cm³/mol. The smallest absolute Gasteiger partial charge is 0.496 e. The van der Waals surface area contributed by atoms with E-state index < -0.39 is 29.1 Å². The molecule has 2 atom stereocenters. The number of nitrogens with one attached hydrogen (secondary N) is 3. The molecule has 216 valence electrons. The summed E-state index contributed by atoms with van der Waals surface area (Å²) in [6.45, 7) is 1.74. The molecule has 42 heavy (non-hydrogen) atoms. The second-order valence-corrected chi connectivity index (χ2v) is 12.7. The Balaban J connectivity index is 1.14. The summed E-state index contributed by atoms with van der Waals surface area (Å²) in [6, 6.07) is 8.71. The zero-order chi connectivity index (χ0) is 29.0. The molecule has 2 aromatic carbocycles. The fraction of sp³-hybridized carbons (Fsp3) is 0.429. The Labute approximate surface area is 241 Å². The van der Waals surface area contributed by atoms with Crippen LogP contribution in [-0.2, 0) is 0 Å². The van der Waals surface area contributed by atoms with E-state index in [1.807, 2.05) is 0 Å². The number of anilines is 2. The van der Waals surface area contributed by atoms with Gasteiger partial charge in [0.25, 0.3) is 11.8 Å². The first-order valence-corrected chi connectivity index (χ1v) is 14.4. The van der Waals surface area contributed by atoms with E-state index in [1.165, 1.54) is 18.4 Å². The second-order valence-electron chi connectivity index (χ2n) is 11.7. The number of hydrogen-bond donors (Lipinski definition) is 3. The molecule has 9 rings (SSSR count). The van der Waals surface area contributed by atoms with Crippen molar-refractivity contribution in [2.24, 2.45) is 5.41 Å². The molecule has 4 heterocycles. The highest BCUT2D eigenvalue weighted by Crippen LogP contribution is 2.66. The first-order valence-electron chi connectivity index (χ1n) is 13.6. The van der Waals surface area contributed by atoms with E-state index in [0.717, 1.165) is 36.8 Å². The van der Waals surface area contributed by atoms with Gasteiger partial charge in [-0.05, 0) is 43.9 Å². The van der Waals surface area contributed by atoms with Gasteiger partial charge < -0.3 is 35.1 Å². The molecular weight excluding hydrogens is 570 g/mol. The zero-order valence-corrected chi connectivity index (χ0v) is 23.1. The van der Waals surface area contributed by atoms with Gasteiger partial charge in [0.1, 0.15) is 11.3 Å². The number of thiazole rings is 1. The first-order chi connectivity index (χ1) is 20.1. The first kappa shape index (κ1) is 25.5. The Morgan fingerprint density at radius 3 is 2.55 bits per heavy atom. The molecule has 3 aromatic rings. The van der Waals surface area contributed by atoms with Crippen LogP contribution in [0.1, 0.15) is 46.4 Å². The van der Waals surface area contributed by atoms with Crippen LogP contribution in [0.25, 0.3) is 10.2 Å². The van der Waals surface area contributed by atoms with Crippen molar-refractivity contribution in [2.45, 2.75) is 49.6 Å². The number of amides is 2. The van der Waals surface area contributed by atoms with Gasteiger partial charge in [0.15, 0.2) is 16.6 Å². The molecule has 2 unspecified atom stereocenters. The number of hydrogen-bond acceptors (Lipinski definition) is 10. The van der Waals surface area contributed by atoms with Crippen LogP contribution in [0.5, 0.6) is 17.2 Å². The Morgan fingerprint density at radius 1 is 1.17 bits per heavy atom. The molecule has 11 nitrogen and oxygen atoms in total. The third-order valence-corrected chi connectivity index (χ3v) is 10.0. The third kappa shape index (κ3) is 3.66. The Bertz CT molecular complexity index is 1720. The summed E-state index contributed by atoms with van der Waals surface area (Å²) >= 11 is 1.39. The summed E-state index contributed by atoms with van der Waals surface area (Å²) in [6.07, 6.45) is -1.26. The fourth-order valence-corrected chi connectivity index (χ4v) is 8.31. The largest absolute Gasteiger partial charge is 0.586 e. The highest BCUT2D eigenvalue weighted by molar-refractivity contribution is 7.22. The molecule has 2 saturated heterocycles. The lowest BCUT2D eigenvalue weighted by atomic mass is 9.40. The highest BCUT2D eigenvalue weighted by Gasteiger charge is 2.69. The molecular formula is C28H24F2N6O5S. The number of alkyl halides is 2. The minimum atomic E-state index is -3.91. The summed E-state index contributed by atoms with van der Waals surface area (Å²) in [5.74, 6) is -1.53. The number of ether oxygens (including phenoxy) is 3. The maximum absolute atomic E-state index is 13.9. The van der Waals surface area contributed by atoms with Crippen LogP contribution >= 0.6 is 11.3 Å². The van der Waals surface area contributed by atoms with Gasteiger partial charge in [0.2, 0.25) is 0 Å². The number of piperidine rings is 1. The van der Waals surface area contributed by atoms with E-state index in [0.29, 0.717) is 47.3 Å². The lowest BCUT2D eigenvalue weighted by molar-refractivity contribution is -0.286. The average molecular weight is 595 g/mol. The molecule has 2 amide bonds. The van der Waals surface area contributed by atoms with Crippen molar-refractivity contribution < 1.29 is 32.6 Å². The molecule has 1 aromatic heterocycles. The molecule has 3 aliphatic carbocycles. The maximum Gasteiger partial charge on any atom is 0.586 e. The number of carbonyl (C=O) groups excluding carboxylic acids is 2. The predicted octanol–water partition coefficient (Wildman–Crippen LogP) is 3.61. The molecule has 14 heteroatoms. The monoisotopic (exact) mass is 594 g/mol. The van der Waals surface area contributed by atoms with E-state index in [1.54, 1.807) is 12.1 Å². The van der Waals surface area contributed by atoms with E-state index in [-0.39, 0.29) is 28.3 Å². The maximum atomic E-state index is 13.9. The molecule has 5 fully saturated rings. The van der Waals surface area contributed by atoms with Crippen molar-refractivity contribution in [3.8, 4) is 23.3 Å². The van der Waals surface area contributed by atoms with Crippen LogP contribution in [0.15, 0.2) is 24.3 Å². The van der Waals surface area contributed by atoms with Gasteiger partial charge in [0.05, 0.1) is 40.1 Å². The van der Waals surface area contributed by atoms with E-state index in [2.05, 4.69) is 36.4 Å². The van der Waals surface area contributed by atoms with Crippen LogP contribution in [0, 0.1) is 16.7 Å². The number of halogens is 2. The van der Waals surface area contributed by atoms with Crippen molar-refractivity contribution in [1.29, 1.82) is 5.26 Å². The SMILES string of the molecule is COc1ccc2nc(N3C4CNCC3C4)sc2c1C(=O)Nc1cc2c(cc1C(=O)NC13CC(C#N)(C1)C3)OC(F)(F)O2. The topological polar surface area (TPSA) is 138 Å². The minimum absolute atomic E-state index is 0.0358. The van der Waals surface area contributed by atoms with Crippen molar-refractivity contribution in [2.75, 3.05) is 30.4 Å². The summed E-state index contributed by atoms with van der Waals surface area (Å²) in [4.78, 5) is 34.4. The van der Waals surface area contributed by atoms with Crippen LogP contribution < -0.4 is 35.1 Å². The van der Waals surface area contributed by atoms with E-state index >= 15 is 0 Å². The third-order valence-electron chi connectivity index (χ3n) is 8.95. The number of nitrogens with zero attached hydrogens (tertiary/aromatic N) is 3. The molecule has 0 radical (unpaired) electrons. The van der Waals surface area contributed by atoms with E-state index in [4.69, 9.17) is 9.72 Å². The Hall–Kier alpha value is -4.22. The molecule has 6 aliphatic rings. The van der Waals surface area contributed by atoms with Crippen molar-refractivity contribution in [3.05, 3.63) is 35.4 Å². The fourth-order valence-electron chi connectivity index (χ4n) is 7.07. The van der Waals surface area contributed by atoms with Crippen LogP contribution in [0.4, 0.5) is 19.6 Å². The number of aromatic nitrogens is 1. The summed E-state index contributed by atoms with van der Waals surface area (Å²) in [5, 5.41) is 19.2. The molecule has 3 N–H and O–H groups in total. The van der Waals surface area contributed by atoms with Crippen molar-refractivity contribution >= 4 is 44.2 Å². The van der Waals surface area contributed by atoms with Crippen molar-refractivity contribution in [1.82, 2.24) is 15.6 Å². The number of piperazine rings is 1. The van der Waals surface area contributed by atoms with Gasteiger partial charge in [0, 0.05) is 36.8 Å². The normalized spacial score (nSPS) is 29.0. The number of methoxy groups -OCH3 is 1. The van der Waals surface area contributed by atoms with Gasteiger partial charge in [-0.1, -0.05) is 11.3 Å². The summed E-state index contributed by atoms with van der Waals surface area (Å²) < 4.78 is 43.2. The minimum Gasteiger partial charge on any atom is -0.496 e. The standard InChI is InChI=1S/C28H24F2N6O5S/c1-39-18-3-2-16-22(42-25(34-16)36-13-4-14(36)8-32-7-13)21(18)24(38)33-17-6-20-19(40-28(29,30)41-20)5-15(17)23(37)35-27-9-26(10-27,11-27)12-31/h2-3,5-6,13-14,32H,4,7-11H2,1H3,(H,33,38)(H,35,37). The van der Waals surface area contributed by atoms with Crippen molar-refractivity contribution in [3.63, 3.8) is 0 Å². The quantitative estimate of drug-likeness (QED) is 0.391. The van der Waals surface area contributed by atoms with Crippen LogP contribution in [0.2, 0.25) is 0 Å². The number of fused-ring (bicyclic) bond motifs is 4. The zero-order valence-electron chi connectivity index (χ0n) is 22.3. The number of benzene rings is 2. The summed E-state index contributed by atoms with van der Waals surface area (Å²) in [5.41, 5.74) is -0.200. The van der Waals surface area contributed by atoms with Gasteiger partial charge in [-0.3, -0.25) is 9.59 Å². The van der Waals surface area contributed by atoms with Crippen LogP contribution in [0.3, 0.4) is 0 Å². The lowest BCUT2D eigenvalue weighted by Crippen LogP contribution is -2.74. The van der Waals surface area contributed by atoms with E-state index in [9.17, 15) is 23.6 Å². The van der Waals surface area contributed by atoms with Gasteiger partial charge >= 0.3 is 6.29 Å². The number of carbonyl (C=O) groups is 2. The number of rotatable bonds is 6. The van der Waals surface area contributed by atoms with Gasteiger partial charge in [-0.2, -0.15) is 5.26 Å². The summed E-state index contributed by atoms with van der Waals surface area (Å²) in [7, 11) is 1.45. The average Bonchev–Trinajstić information content (AvgIpc) is 3.46. The Morgan fingerprint density at radius 2 is 1.88 bits per heavy atom. The second kappa shape index (κ2) is 8.42. The van der Waals surface area contributed by atoms with Crippen LogP contribution in [-0.4, -0.2) is 60.9 Å². The Kier molecular flexibility index (Phi) is 5.11. The molecule has 4 bridgehead atoms. The molecule has 3 saturated carbocycles. The van der Waals surface area contributed by atoms with Gasteiger partial charge in [-0.25, -0.2) is 4.98 Å². The molecule has 3 aliphatic heterocycles. The lowest BCUT2D eigenvalue weighted by Gasteiger charge is -2.66. The highest BCUT2D eigenvalue weighted by atomic mass is 32.1.